The lowest BCUT2D eigenvalue weighted by molar-refractivity contribution is -0.149. The molecule has 0 aromatic heterocycles. The molecular weight excluding hydrogens is 392 g/mol. The number of nitrogens with zero attached hydrogens (tertiary/aromatic N) is 2. The molecule has 4 rings (SSSR count). The van der Waals surface area contributed by atoms with E-state index in [2.05, 4.69) is 33.0 Å². The fourth-order valence-corrected chi connectivity index (χ4v) is 4.00. The highest BCUT2D eigenvalue weighted by Gasteiger charge is 2.54. The van der Waals surface area contributed by atoms with Gasteiger partial charge in [-0.3, -0.25) is 0 Å². The molecule has 0 amide bonds. The van der Waals surface area contributed by atoms with Gasteiger partial charge in [0.1, 0.15) is 0 Å². The van der Waals surface area contributed by atoms with E-state index in [0.717, 1.165) is 22.1 Å². The first-order chi connectivity index (χ1) is 12.6. The SMILES string of the molecule is COC(=O)C1(c2ccccc2)N=CN(CC2CC2)C1c1ccc(Br)cc1. The maximum Gasteiger partial charge on any atom is 0.341 e. The fourth-order valence-electron chi connectivity index (χ4n) is 3.73. The highest BCUT2D eigenvalue weighted by molar-refractivity contribution is 9.10. The molecule has 2 unspecified atom stereocenters. The summed E-state index contributed by atoms with van der Waals surface area (Å²) >= 11 is 3.50. The number of rotatable bonds is 5. The Morgan fingerprint density at radius 3 is 2.50 bits per heavy atom. The number of hydrogen-bond acceptors (Lipinski definition) is 4. The van der Waals surface area contributed by atoms with Crippen LogP contribution in [0.4, 0.5) is 0 Å². The third-order valence-corrected chi connectivity index (χ3v) is 5.73. The van der Waals surface area contributed by atoms with Crippen molar-refractivity contribution in [2.24, 2.45) is 10.9 Å². The molecule has 2 aliphatic rings. The zero-order valence-electron chi connectivity index (χ0n) is 14.6. The van der Waals surface area contributed by atoms with E-state index < -0.39 is 5.54 Å². The smallest absolute Gasteiger partial charge is 0.341 e. The summed E-state index contributed by atoms with van der Waals surface area (Å²) in [5.74, 6) is 0.356. The maximum absolute atomic E-state index is 13.1. The van der Waals surface area contributed by atoms with Gasteiger partial charge in [-0.2, -0.15) is 0 Å². The number of hydrogen-bond donors (Lipinski definition) is 0. The van der Waals surface area contributed by atoms with Crippen LogP contribution in [0.5, 0.6) is 0 Å². The molecule has 5 heteroatoms. The van der Waals surface area contributed by atoms with Gasteiger partial charge in [0, 0.05) is 11.0 Å². The Balaban J connectivity index is 1.85. The largest absolute Gasteiger partial charge is 0.467 e. The van der Waals surface area contributed by atoms with Crippen molar-refractivity contribution >= 4 is 28.2 Å². The van der Waals surface area contributed by atoms with Gasteiger partial charge in [0.25, 0.3) is 0 Å². The summed E-state index contributed by atoms with van der Waals surface area (Å²) in [7, 11) is 1.44. The maximum atomic E-state index is 13.1. The van der Waals surface area contributed by atoms with Gasteiger partial charge in [-0.15, -0.1) is 0 Å². The number of carbonyl (C=O) groups is 1. The van der Waals surface area contributed by atoms with E-state index in [1.165, 1.54) is 20.0 Å². The van der Waals surface area contributed by atoms with E-state index in [1.807, 2.05) is 48.8 Å². The zero-order valence-corrected chi connectivity index (χ0v) is 16.2. The first-order valence-electron chi connectivity index (χ1n) is 8.85. The number of carbonyl (C=O) groups excluding carboxylic acids is 1. The van der Waals surface area contributed by atoms with Crippen LogP contribution in [-0.2, 0) is 15.1 Å². The molecule has 4 nitrogen and oxygen atoms in total. The van der Waals surface area contributed by atoms with Gasteiger partial charge in [0.2, 0.25) is 5.54 Å². The topological polar surface area (TPSA) is 41.9 Å². The Bertz CT molecular complexity index is 818. The summed E-state index contributed by atoms with van der Waals surface area (Å²) in [6.07, 6.45) is 4.33. The van der Waals surface area contributed by atoms with Crippen LogP contribution >= 0.6 is 15.9 Å². The monoisotopic (exact) mass is 412 g/mol. The predicted octanol–water partition coefficient (Wildman–Crippen LogP) is 4.31. The average molecular weight is 413 g/mol. The van der Waals surface area contributed by atoms with Crippen LogP contribution in [0.3, 0.4) is 0 Å². The number of methoxy groups -OCH3 is 1. The zero-order chi connectivity index (χ0) is 18.1. The van der Waals surface area contributed by atoms with Crippen LogP contribution in [0.2, 0.25) is 0 Å². The van der Waals surface area contributed by atoms with Crippen molar-refractivity contribution in [1.29, 1.82) is 0 Å². The molecular formula is C21H21BrN2O2. The molecule has 26 heavy (non-hydrogen) atoms. The fraction of sp³-hybridized carbons (Fsp3) is 0.333. The van der Waals surface area contributed by atoms with Crippen LogP contribution in [0.25, 0.3) is 0 Å². The Hall–Kier alpha value is -2.14. The van der Waals surface area contributed by atoms with E-state index >= 15 is 0 Å². The van der Waals surface area contributed by atoms with Crippen molar-refractivity contribution in [2.75, 3.05) is 13.7 Å². The molecule has 0 bridgehead atoms. The van der Waals surface area contributed by atoms with Gasteiger partial charge < -0.3 is 9.64 Å². The van der Waals surface area contributed by atoms with E-state index in [0.29, 0.717) is 5.92 Å². The molecule has 1 heterocycles. The molecule has 0 saturated heterocycles. The molecule has 2 aromatic carbocycles. The van der Waals surface area contributed by atoms with Gasteiger partial charge in [-0.05, 0) is 42.0 Å². The summed E-state index contributed by atoms with van der Waals surface area (Å²) in [4.78, 5) is 20.0. The van der Waals surface area contributed by atoms with Gasteiger partial charge in [-0.25, -0.2) is 9.79 Å². The number of benzene rings is 2. The Kier molecular flexibility index (Phi) is 4.57. The van der Waals surface area contributed by atoms with E-state index in [1.54, 1.807) is 0 Å². The van der Waals surface area contributed by atoms with Crippen LogP contribution in [-0.4, -0.2) is 30.9 Å². The van der Waals surface area contributed by atoms with E-state index in [-0.39, 0.29) is 12.0 Å². The molecule has 1 saturated carbocycles. The molecule has 0 N–H and O–H groups in total. The van der Waals surface area contributed by atoms with Crippen molar-refractivity contribution in [3.8, 4) is 0 Å². The Morgan fingerprint density at radius 2 is 1.88 bits per heavy atom. The third kappa shape index (κ3) is 2.94. The summed E-state index contributed by atoms with van der Waals surface area (Å²) in [5.41, 5.74) is 0.827. The summed E-state index contributed by atoms with van der Waals surface area (Å²) in [6, 6.07) is 17.7. The van der Waals surface area contributed by atoms with Crippen LogP contribution in [0.15, 0.2) is 64.1 Å². The molecule has 134 valence electrons. The van der Waals surface area contributed by atoms with Crippen molar-refractivity contribution in [3.63, 3.8) is 0 Å². The lowest BCUT2D eigenvalue weighted by Crippen LogP contribution is -2.44. The Labute approximate surface area is 162 Å². The van der Waals surface area contributed by atoms with Crippen LogP contribution < -0.4 is 0 Å². The second-order valence-corrected chi connectivity index (χ2v) is 7.88. The quantitative estimate of drug-likeness (QED) is 0.686. The molecule has 0 radical (unpaired) electrons. The molecule has 0 spiro atoms. The molecule has 1 fully saturated rings. The highest BCUT2D eigenvalue weighted by Crippen LogP contribution is 2.48. The second kappa shape index (κ2) is 6.88. The lowest BCUT2D eigenvalue weighted by Gasteiger charge is -2.36. The summed E-state index contributed by atoms with van der Waals surface area (Å²) in [6.45, 7) is 0.913. The number of aliphatic imine (C=N–C) groups is 1. The minimum Gasteiger partial charge on any atom is -0.467 e. The molecule has 2 atom stereocenters. The summed E-state index contributed by atoms with van der Waals surface area (Å²) in [5, 5.41) is 0. The number of halogens is 1. The first kappa shape index (κ1) is 17.3. The van der Waals surface area contributed by atoms with Gasteiger partial charge in [-0.1, -0.05) is 58.4 Å². The van der Waals surface area contributed by atoms with Crippen molar-refractivity contribution in [1.82, 2.24) is 4.90 Å². The number of ether oxygens (including phenoxy) is 1. The third-order valence-electron chi connectivity index (χ3n) is 5.20. The summed E-state index contributed by atoms with van der Waals surface area (Å²) < 4.78 is 6.26. The van der Waals surface area contributed by atoms with Crippen LogP contribution in [0, 0.1) is 5.92 Å². The van der Waals surface area contributed by atoms with E-state index in [4.69, 9.17) is 9.73 Å². The minimum atomic E-state index is -1.08. The first-order valence-corrected chi connectivity index (χ1v) is 9.65. The highest BCUT2D eigenvalue weighted by atomic mass is 79.9. The van der Waals surface area contributed by atoms with Gasteiger partial charge >= 0.3 is 5.97 Å². The Morgan fingerprint density at radius 1 is 1.19 bits per heavy atom. The molecule has 2 aromatic rings. The predicted molar refractivity (Wildman–Crippen MR) is 105 cm³/mol. The van der Waals surface area contributed by atoms with Crippen molar-refractivity contribution in [3.05, 3.63) is 70.2 Å². The normalized spacial score (nSPS) is 24.7. The number of esters is 1. The van der Waals surface area contributed by atoms with Gasteiger partial charge in [0.05, 0.1) is 19.5 Å². The van der Waals surface area contributed by atoms with E-state index in [9.17, 15) is 4.79 Å². The molecule has 1 aliphatic carbocycles. The van der Waals surface area contributed by atoms with Crippen LogP contribution in [0.1, 0.15) is 30.0 Å². The average Bonchev–Trinajstić information content (AvgIpc) is 3.41. The standard InChI is InChI=1S/C21H21BrN2O2/c1-26-20(25)21(17-5-3-2-4-6-17)19(16-9-11-18(22)12-10-16)24(14-23-21)13-15-7-8-15/h2-6,9-12,14-15,19H,7-8,13H2,1H3. The lowest BCUT2D eigenvalue weighted by atomic mass is 9.80. The molecule has 1 aliphatic heterocycles. The van der Waals surface area contributed by atoms with Gasteiger partial charge in [0.15, 0.2) is 0 Å². The minimum absolute atomic E-state index is 0.217. The van der Waals surface area contributed by atoms with Crippen molar-refractivity contribution < 1.29 is 9.53 Å². The van der Waals surface area contributed by atoms with Crippen molar-refractivity contribution in [2.45, 2.75) is 24.4 Å². The second-order valence-electron chi connectivity index (χ2n) is 6.96.